The molecule has 1 aromatic carbocycles. The molecule has 0 saturated carbocycles. The first kappa shape index (κ1) is 10.0. The summed E-state index contributed by atoms with van der Waals surface area (Å²) in [5, 5.41) is 12.2. The fourth-order valence-electron chi connectivity index (χ4n) is 2.02. The molecule has 1 aliphatic rings. The van der Waals surface area contributed by atoms with Gasteiger partial charge in [0.2, 0.25) is 0 Å². The Morgan fingerprint density at radius 3 is 2.67 bits per heavy atom. The van der Waals surface area contributed by atoms with E-state index in [0.29, 0.717) is 5.92 Å². The van der Waals surface area contributed by atoms with Crippen molar-refractivity contribution in [2.45, 2.75) is 5.92 Å². The maximum Gasteiger partial charge on any atom is 0.118 e. The monoisotopic (exact) mass is 202 g/mol. The summed E-state index contributed by atoms with van der Waals surface area (Å²) in [7, 11) is 1.66. The summed E-state index contributed by atoms with van der Waals surface area (Å²) < 4.78 is 5.10. The molecule has 2 rings (SSSR count). The maximum atomic E-state index is 8.98. The third-order valence-corrected chi connectivity index (χ3v) is 2.92. The lowest BCUT2D eigenvalue weighted by Crippen LogP contribution is -2.08. The van der Waals surface area contributed by atoms with Gasteiger partial charge in [0.25, 0.3) is 0 Å². The highest BCUT2D eigenvalue weighted by molar-refractivity contribution is 5.31. The number of methoxy groups -OCH3 is 1. The zero-order valence-electron chi connectivity index (χ0n) is 8.73. The van der Waals surface area contributed by atoms with Crippen molar-refractivity contribution in [3.05, 3.63) is 29.8 Å². The van der Waals surface area contributed by atoms with E-state index in [2.05, 4.69) is 11.4 Å². The lowest BCUT2D eigenvalue weighted by atomic mass is 9.90. The second-order valence-corrected chi connectivity index (χ2v) is 3.77. The number of rotatable bonds is 2. The van der Waals surface area contributed by atoms with Crippen LogP contribution in [0, 0.1) is 17.2 Å². The molecule has 3 nitrogen and oxygen atoms in total. The molecule has 15 heavy (non-hydrogen) atoms. The summed E-state index contributed by atoms with van der Waals surface area (Å²) in [4.78, 5) is 0. The first-order chi connectivity index (χ1) is 7.35. The first-order valence-electron chi connectivity index (χ1n) is 5.09. The van der Waals surface area contributed by atoms with Crippen LogP contribution in [0.2, 0.25) is 0 Å². The summed E-state index contributed by atoms with van der Waals surface area (Å²) in [5.41, 5.74) is 1.22. The SMILES string of the molecule is COc1ccc([C@H]2CNC[C@H]2C#N)cc1. The summed E-state index contributed by atoms with van der Waals surface area (Å²) >= 11 is 0. The first-order valence-corrected chi connectivity index (χ1v) is 5.09. The number of nitriles is 1. The lowest BCUT2D eigenvalue weighted by molar-refractivity contribution is 0.414. The standard InChI is InChI=1S/C12H14N2O/c1-15-11-4-2-9(3-5-11)12-8-14-7-10(12)6-13/h2-5,10,12,14H,7-8H2,1H3/t10-,12-/m1/s1. The van der Waals surface area contributed by atoms with Crippen molar-refractivity contribution in [2.24, 2.45) is 5.92 Å². The summed E-state index contributed by atoms with van der Waals surface area (Å²) in [6.07, 6.45) is 0. The second kappa shape index (κ2) is 4.33. The zero-order valence-corrected chi connectivity index (χ0v) is 8.73. The molecule has 78 valence electrons. The van der Waals surface area contributed by atoms with Crippen molar-refractivity contribution in [3.63, 3.8) is 0 Å². The van der Waals surface area contributed by atoms with E-state index < -0.39 is 0 Å². The van der Waals surface area contributed by atoms with Crippen LogP contribution >= 0.6 is 0 Å². The van der Waals surface area contributed by atoms with Crippen LogP contribution in [0.15, 0.2) is 24.3 Å². The number of nitrogens with one attached hydrogen (secondary N) is 1. The smallest absolute Gasteiger partial charge is 0.118 e. The molecule has 1 fully saturated rings. The quantitative estimate of drug-likeness (QED) is 0.790. The molecule has 0 aliphatic carbocycles. The van der Waals surface area contributed by atoms with Crippen molar-refractivity contribution in [3.8, 4) is 11.8 Å². The van der Waals surface area contributed by atoms with Crippen LogP contribution in [0.4, 0.5) is 0 Å². The van der Waals surface area contributed by atoms with Gasteiger partial charge in [-0.05, 0) is 17.7 Å². The molecule has 0 spiro atoms. The van der Waals surface area contributed by atoms with E-state index >= 15 is 0 Å². The Labute approximate surface area is 89.7 Å². The molecule has 0 unspecified atom stereocenters. The molecule has 1 N–H and O–H groups in total. The molecule has 0 amide bonds. The Morgan fingerprint density at radius 2 is 2.07 bits per heavy atom. The van der Waals surface area contributed by atoms with Crippen molar-refractivity contribution in [1.29, 1.82) is 5.26 Å². The van der Waals surface area contributed by atoms with Crippen molar-refractivity contribution in [1.82, 2.24) is 5.32 Å². The van der Waals surface area contributed by atoms with Gasteiger partial charge in [0.05, 0.1) is 19.1 Å². The Bertz CT molecular complexity index is 366. The largest absolute Gasteiger partial charge is 0.497 e. The van der Waals surface area contributed by atoms with Gasteiger partial charge in [0.15, 0.2) is 0 Å². The maximum absolute atomic E-state index is 8.98. The topological polar surface area (TPSA) is 45.0 Å². The van der Waals surface area contributed by atoms with Gasteiger partial charge in [-0.2, -0.15) is 5.26 Å². The molecule has 1 saturated heterocycles. The molecule has 1 heterocycles. The minimum Gasteiger partial charge on any atom is -0.497 e. The summed E-state index contributed by atoms with van der Waals surface area (Å²) in [6, 6.07) is 10.3. The highest BCUT2D eigenvalue weighted by atomic mass is 16.5. The van der Waals surface area contributed by atoms with E-state index in [1.165, 1.54) is 5.56 Å². The van der Waals surface area contributed by atoms with Gasteiger partial charge in [-0.15, -0.1) is 0 Å². The van der Waals surface area contributed by atoms with E-state index in [0.717, 1.165) is 18.8 Å². The number of ether oxygens (including phenoxy) is 1. The third-order valence-electron chi connectivity index (χ3n) is 2.92. The van der Waals surface area contributed by atoms with Gasteiger partial charge in [-0.1, -0.05) is 12.1 Å². The highest BCUT2D eigenvalue weighted by Gasteiger charge is 2.27. The minimum absolute atomic E-state index is 0.0957. The summed E-state index contributed by atoms with van der Waals surface area (Å²) in [6.45, 7) is 1.69. The van der Waals surface area contributed by atoms with E-state index in [-0.39, 0.29) is 5.92 Å². The normalized spacial score (nSPS) is 24.8. The van der Waals surface area contributed by atoms with Crippen LogP contribution < -0.4 is 10.1 Å². The van der Waals surface area contributed by atoms with E-state index in [1.807, 2.05) is 24.3 Å². The van der Waals surface area contributed by atoms with Gasteiger partial charge in [0, 0.05) is 19.0 Å². The van der Waals surface area contributed by atoms with Crippen LogP contribution in [-0.2, 0) is 0 Å². The van der Waals surface area contributed by atoms with E-state index in [1.54, 1.807) is 7.11 Å². The Balaban J connectivity index is 2.19. The molecule has 1 aromatic rings. The molecule has 3 heteroatoms. The van der Waals surface area contributed by atoms with Crippen molar-refractivity contribution < 1.29 is 4.74 Å². The number of benzene rings is 1. The Kier molecular flexibility index (Phi) is 2.89. The predicted octanol–water partition coefficient (Wildman–Crippen LogP) is 1.52. The predicted molar refractivity (Wildman–Crippen MR) is 57.7 cm³/mol. The van der Waals surface area contributed by atoms with Gasteiger partial charge >= 0.3 is 0 Å². The molecule has 2 atom stereocenters. The van der Waals surface area contributed by atoms with Crippen LogP contribution in [0.1, 0.15) is 11.5 Å². The fourth-order valence-corrected chi connectivity index (χ4v) is 2.02. The van der Waals surface area contributed by atoms with Gasteiger partial charge in [-0.25, -0.2) is 0 Å². The van der Waals surface area contributed by atoms with Crippen LogP contribution in [-0.4, -0.2) is 20.2 Å². The average Bonchev–Trinajstić information content (AvgIpc) is 2.77. The van der Waals surface area contributed by atoms with Gasteiger partial charge in [0.1, 0.15) is 5.75 Å². The molecular weight excluding hydrogens is 188 g/mol. The molecule has 1 aliphatic heterocycles. The molecule has 0 radical (unpaired) electrons. The lowest BCUT2D eigenvalue weighted by Gasteiger charge is -2.12. The van der Waals surface area contributed by atoms with E-state index in [9.17, 15) is 0 Å². The van der Waals surface area contributed by atoms with Gasteiger partial charge < -0.3 is 10.1 Å². The highest BCUT2D eigenvalue weighted by Crippen LogP contribution is 2.28. The molecular formula is C12H14N2O. The molecule has 0 aromatic heterocycles. The zero-order chi connectivity index (χ0) is 10.7. The number of hydrogen-bond donors (Lipinski definition) is 1. The van der Waals surface area contributed by atoms with Crippen molar-refractivity contribution >= 4 is 0 Å². The summed E-state index contributed by atoms with van der Waals surface area (Å²) in [5.74, 6) is 1.28. The van der Waals surface area contributed by atoms with Crippen LogP contribution in [0.5, 0.6) is 5.75 Å². The third kappa shape index (κ3) is 1.95. The van der Waals surface area contributed by atoms with Crippen LogP contribution in [0.25, 0.3) is 0 Å². The minimum atomic E-state index is 0.0957. The van der Waals surface area contributed by atoms with Gasteiger partial charge in [-0.3, -0.25) is 0 Å². The second-order valence-electron chi connectivity index (χ2n) is 3.77. The number of nitrogens with zero attached hydrogens (tertiary/aromatic N) is 1. The Hall–Kier alpha value is -1.53. The average molecular weight is 202 g/mol. The van der Waals surface area contributed by atoms with Crippen molar-refractivity contribution in [2.75, 3.05) is 20.2 Å². The fraction of sp³-hybridized carbons (Fsp3) is 0.417. The van der Waals surface area contributed by atoms with E-state index in [4.69, 9.17) is 10.00 Å². The van der Waals surface area contributed by atoms with Crippen LogP contribution in [0.3, 0.4) is 0 Å². The Morgan fingerprint density at radius 1 is 1.33 bits per heavy atom. The molecule has 0 bridgehead atoms. The number of hydrogen-bond acceptors (Lipinski definition) is 3.